The Morgan fingerprint density at radius 1 is 0.841 bits per heavy atom. The van der Waals surface area contributed by atoms with Gasteiger partial charge >= 0.3 is 5.97 Å². The van der Waals surface area contributed by atoms with Crippen molar-refractivity contribution in [3.63, 3.8) is 0 Å². The van der Waals surface area contributed by atoms with Gasteiger partial charge in [-0.25, -0.2) is 19.7 Å². The summed E-state index contributed by atoms with van der Waals surface area (Å²) in [5, 5.41) is 1.00. The van der Waals surface area contributed by atoms with Crippen LogP contribution in [-0.2, 0) is 41.0 Å². The van der Waals surface area contributed by atoms with Crippen molar-refractivity contribution in [2.75, 3.05) is 38.0 Å². The number of fused-ring (bicyclic) bond motifs is 1. The average molecular weight is 1080 g/mol. The Morgan fingerprint density at radius 3 is 2.05 bits per heavy atom. The van der Waals surface area contributed by atoms with Crippen molar-refractivity contribution in [1.29, 1.82) is 0 Å². The van der Waals surface area contributed by atoms with E-state index in [0.29, 0.717) is 64.2 Å². The highest BCUT2D eigenvalue weighted by Gasteiger charge is 2.29. The van der Waals surface area contributed by atoms with Crippen LogP contribution in [0, 0.1) is 6.92 Å². The van der Waals surface area contributed by atoms with Crippen molar-refractivity contribution >= 4 is 97.3 Å². The van der Waals surface area contributed by atoms with Gasteiger partial charge in [0.2, 0.25) is 5.95 Å². The van der Waals surface area contributed by atoms with E-state index in [-0.39, 0.29) is 29.8 Å². The summed E-state index contributed by atoms with van der Waals surface area (Å²) >= 11 is 4.62. The Bertz CT molecular complexity index is 2480. The Balaban J connectivity index is 0.000000258. The number of aromatic nitrogens is 4. The van der Waals surface area contributed by atoms with Gasteiger partial charge in [0.15, 0.2) is 11.4 Å². The maximum absolute atomic E-state index is 13.2. The summed E-state index contributed by atoms with van der Waals surface area (Å²) in [6.45, 7) is 9.08. The molecule has 1 saturated heterocycles. The first-order chi connectivity index (χ1) is 30.0. The molecular weight excluding hydrogens is 1030 g/mol. The molecule has 1 aliphatic heterocycles. The van der Waals surface area contributed by atoms with Crippen LogP contribution >= 0.6 is 45.2 Å². The van der Waals surface area contributed by atoms with Crippen LogP contribution in [0.4, 0.5) is 11.6 Å². The second kappa shape index (κ2) is 22.3. The van der Waals surface area contributed by atoms with Crippen molar-refractivity contribution < 1.29 is 28.8 Å². The van der Waals surface area contributed by atoms with Gasteiger partial charge in [-0.3, -0.25) is 14.4 Å². The number of hydrogen-bond donors (Lipinski definition) is 0. The van der Waals surface area contributed by atoms with E-state index >= 15 is 0 Å². The van der Waals surface area contributed by atoms with E-state index in [0.717, 1.165) is 44.1 Å². The maximum Gasteiger partial charge on any atom is 0.363 e. The van der Waals surface area contributed by atoms with Gasteiger partial charge in [-0.2, -0.15) is 4.98 Å². The number of benzene rings is 3. The number of carbonyl (C=O) groups is 5. The minimum Gasteiger partial charge on any atom is -0.368 e. The predicted octanol–water partition coefficient (Wildman–Crippen LogP) is 8.18. The topological polar surface area (TPSA) is 159 Å². The molecule has 0 bridgehead atoms. The van der Waals surface area contributed by atoms with Gasteiger partial charge in [-0.1, -0.05) is 88.2 Å². The summed E-state index contributed by atoms with van der Waals surface area (Å²) in [7, 11) is 7.35. The molecule has 0 aliphatic carbocycles. The fourth-order valence-electron chi connectivity index (χ4n) is 6.85. The smallest absolute Gasteiger partial charge is 0.363 e. The number of amides is 2. The van der Waals surface area contributed by atoms with Gasteiger partial charge in [0.25, 0.3) is 11.8 Å². The number of nitrogens with zero attached hydrogens (tertiary/aromatic N) is 8. The van der Waals surface area contributed by atoms with E-state index in [1.165, 1.54) is 29.9 Å². The number of carbonyl (C=O) groups excluding carboxylic acids is 5. The van der Waals surface area contributed by atoms with E-state index in [9.17, 15) is 24.0 Å². The monoisotopic (exact) mass is 1080 g/mol. The van der Waals surface area contributed by atoms with Gasteiger partial charge in [0.05, 0.1) is 41.4 Å². The minimum atomic E-state index is -0.635. The highest BCUT2D eigenvalue weighted by molar-refractivity contribution is 14.1. The summed E-state index contributed by atoms with van der Waals surface area (Å²) in [6.07, 6.45) is 3.97. The molecule has 5 aromatic rings. The van der Waals surface area contributed by atoms with Crippen LogP contribution in [0.5, 0.6) is 0 Å². The zero-order valence-electron chi connectivity index (χ0n) is 36.7. The number of ketones is 2. The quantitative estimate of drug-likeness (QED) is 0.0690. The molecule has 0 radical (unpaired) electrons. The lowest BCUT2D eigenvalue weighted by Crippen LogP contribution is -2.41. The van der Waals surface area contributed by atoms with Gasteiger partial charge < -0.3 is 24.3 Å². The van der Waals surface area contributed by atoms with E-state index in [4.69, 9.17) is 9.82 Å². The molecule has 3 aromatic carbocycles. The number of rotatable bonds is 16. The Morgan fingerprint density at radius 2 is 1.48 bits per heavy atom. The molecule has 0 unspecified atom stereocenters. The second-order valence-corrected chi connectivity index (χ2v) is 17.1. The van der Waals surface area contributed by atoms with Crippen molar-refractivity contribution in [1.82, 2.24) is 29.9 Å². The molecule has 63 heavy (non-hydrogen) atoms. The third kappa shape index (κ3) is 12.9. The van der Waals surface area contributed by atoms with E-state index in [1.807, 2.05) is 57.2 Å². The van der Waals surface area contributed by atoms with Crippen molar-refractivity contribution in [3.05, 3.63) is 130 Å². The zero-order valence-corrected chi connectivity index (χ0v) is 41.0. The van der Waals surface area contributed by atoms with E-state index in [2.05, 4.69) is 95.9 Å². The lowest BCUT2D eigenvalue weighted by molar-refractivity contribution is -0.153. The van der Waals surface area contributed by atoms with Gasteiger partial charge in [0, 0.05) is 61.1 Å². The molecule has 0 spiro atoms. The number of aryl methyl sites for hydroxylation is 1. The standard InChI is InChI=1S/C27H34IN7O3.C20H18INO3/c1-16(36)8-10-22(18(3)37)35(7)26(38)19-9-11-23(20(12-19)13-28)34(6)15-21-14-29-25-24(31-21)17(2)30-27(32-25)33(4)5;1-14-2-11-19(23)22(14)25-20(24)18-9-7-16(8-10-18)12-15-3-5-17(13-21)6-4-15/h9,11-12,14,22H,8,10,13,15H2,1-7H3;3-10H,1-2,11-13H2/t22-;/m0./s1. The van der Waals surface area contributed by atoms with Crippen LogP contribution in [0.2, 0.25) is 0 Å². The van der Waals surface area contributed by atoms with Crippen molar-refractivity contribution in [2.24, 2.45) is 0 Å². The Kier molecular flexibility index (Phi) is 17.2. The summed E-state index contributed by atoms with van der Waals surface area (Å²) in [6, 6.07) is 20.7. The maximum atomic E-state index is 13.2. The fourth-order valence-corrected chi connectivity index (χ4v) is 7.97. The molecule has 0 saturated carbocycles. The molecular formula is C47H52I2N8O6. The van der Waals surface area contributed by atoms with Crippen molar-refractivity contribution in [3.8, 4) is 0 Å². The molecule has 1 atom stereocenters. The lowest BCUT2D eigenvalue weighted by atomic mass is 10.0. The number of allylic oxidation sites excluding steroid dienone is 1. The fraction of sp³-hybridized carbons (Fsp3) is 0.340. The zero-order chi connectivity index (χ0) is 46.0. The third-order valence-corrected chi connectivity index (χ3v) is 12.1. The van der Waals surface area contributed by atoms with E-state index < -0.39 is 12.0 Å². The van der Waals surface area contributed by atoms with Crippen LogP contribution in [-0.4, -0.2) is 93.5 Å². The molecule has 330 valence electrons. The molecule has 6 rings (SSSR count). The molecule has 16 heteroatoms. The summed E-state index contributed by atoms with van der Waals surface area (Å²) in [5.74, 6) is -0.577. The summed E-state index contributed by atoms with van der Waals surface area (Å²) < 4.78 is 1.69. The number of alkyl halides is 2. The molecule has 1 aliphatic rings. The van der Waals surface area contributed by atoms with Crippen LogP contribution in [0.15, 0.2) is 85.2 Å². The second-order valence-electron chi connectivity index (χ2n) is 15.6. The number of Topliss-reactive ketones (excluding diaryl/α,β-unsaturated/α-hetero) is 2. The highest BCUT2D eigenvalue weighted by atomic mass is 127. The minimum absolute atomic E-state index is 0.00575. The Hall–Kier alpha value is -5.37. The first-order valence-corrected chi connectivity index (χ1v) is 23.3. The molecule has 0 N–H and O–H groups in total. The largest absolute Gasteiger partial charge is 0.368 e. The molecule has 2 aromatic heterocycles. The van der Waals surface area contributed by atoms with Crippen molar-refractivity contribution in [2.45, 2.75) is 74.3 Å². The number of halogens is 2. The van der Waals surface area contributed by atoms with Crippen LogP contribution < -0.4 is 9.80 Å². The Labute approximate surface area is 395 Å². The SMILES string of the molecule is C=C1CCC(=O)N1OC(=O)c1ccc(Cc2ccc(CI)cc2)cc1.CC(=O)CC[C@@H](C(C)=O)N(C)C(=O)c1ccc(N(C)Cc2cnc3nc(N(C)C)nc(C)c3n2)c(CI)c1. The lowest BCUT2D eigenvalue weighted by Gasteiger charge is -2.27. The highest BCUT2D eigenvalue weighted by Crippen LogP contribution is 2.27. The third-order valence-electron chi connectivity index (χ3n) is 10.4. The first kappa shape index (κ1) is 48.7. The number of likely N-dealkylation sites (N-methyl/N-ethyl adjacent to an activating group) is 1. The normalized spacial score (nSPS) is 12.7. The number of hydroxylamine groups is 2. The summed E-state index contributed by atoms with van der Waals surface area (Å²) in [5.41, 5.74) is 9.80. The van der Waals surface area contributed by atoms with Crippen LogP contribution in [0.25, 0.3) is 11.2 Å². The van der Waals surface area contributed by atoms with Gasteiger partial charge in [-0.15, -0.1) is 5.06 Å². The van der Waals surface area contributed by atoms with Gasteiger partial charge in [0.1, 0.15) is 11.3 Å². The van der Waals surface area contributed by atoms with Gasteiger partial charge in [-0.05, 0) is 92.6 Å². The van der Waals surface area contributed by atoms with Crippen LogP contribution in [0.3, 0.4) is 0 Å². The van der Waals surface area contributed by atoms with E-state index in [1.54, 1.807) is 31.4 Å². The average Bonchev–Trinajstić information content (AvgIpc) is 3.58. The number of hydrogen-bond acceptors (Lipinski definition) is 12. The summed E-state index contributed by atoms with van der Waals surface area (Å²) in [4.78, 5) is 89.4. The number of anilines is 2. The molecule has 1 fully saturated rings. The van der Waals surface area contributed by atoms with Crippen LogP contribution in [0.1, 0.15) is 93.9 Å². The predicted molar refractivity (Wildman–Crippen MR) is 261 cm³/mol. The first-order valence-electron chi connectivity index (χ1n) is 20.3. The molecule has 14 nitrogen and oxygen atoms in total. The molecule has 2 amide bonds. The molecule has 3 heterocycles.